The Morgan fingerprint density at radius 3 is 2.50 bits per heavy atom. The molecule has 3 rings (SSSR count). The van der Waals surface area contributed by atoms with Crippen molar-refractivity contribution >= 4 is 29.2 Å². The fourth-order valence-electron chi connectivity index (χ4n) is 3.03. The molecular formula is C24H27FN4O2S. The largest absolute Gasteiger partial charge is 0.378 e. The number of hydrogen-bond donors (Lipinski definition) is 1. The molecule has 1 N–H and O–H groups in total. The summed E-state index contributed by atoms with van der Waals surface area (Å²) in [5, 5.41) is 3.45. The maximum Gasteiger partial charge on any atom is 0.255 e. The Morgan fingerprint density at radius 1 is 1.12 bits per heavy atom. The minimum atomic E-state index is -0.342. The van der Waals surface area contributed by atoms with E-state index in [9.17, 15) is 9.18 Å². The fourth-order valence-corrected chi connectivity index (χ4v) is 3.86. The van der Waals surface area contributed by atoms with Crippen molar-refractivity contribution in [1.29, 1.82) is 0 Å². The number of halogens is 1. The van der Waals surface area contributed by atoms with Gasteiger partial charge < -0.3 is 15.0 Å². The van der Waals surface area contributed by atoms with Crippen LogP contribution in [-0.2, 0) is 17.1 Å². The second-order valence-corrected chi connectivity index (χ2v) is 8.24. The summed E-state index contributed by atoms with van der Waals surface area (Å²) < 4.78 is 18.3. The number of anilines is 2. The van der Waals surface area contributed by atoms with E-state index in [4.69, 9.17) is 4.74 Å². The molecule has 0 bridgehead atoms. The first kappa shape index (κ1) is 23.7. The predicted molar refractivity (Wildman–Crippen MR) is 127 cm³/mol. The summed E-state index contributed by atoms with van der Waals surface area (Å²) >= 11 is 1.54. The molecule has 1 amide bonds. The number of nitrogens with zero attached hydrogens (tertiary/aromatic N) is 3. The van der Waals surface area contributed by atoms with E-state index in [1.165, 1.54) is 24.3 Å². The van der Waals surface area contributed by atoms with Crippen molar-refractivity contribution in [3.05, 3.63) is 77.2 Å². The number of hydrogen-bond acceptors (Lipinski definition) is 6. The first-order chi connectivity index (χ1) is 15.5. The molecule has 168 valence electrons. The Bertz CT molecular complexity index is 1030. The first-order valence-electron chi connectivity index (χ1n) is 10.3. The fraction of sp³-hybridized carbons (Fsp3) is 0.292. The first-order valence-corrected chi connectivity index (χ1v) is 11.3. The van der Waals surface area contributed by atoms with E-state index in [0.29, 0.717) is 28.8 Å². The van der Waals surface area contributed by atoms with Crippen molar-refractivity contribution in [3.63, 3.8) is 0 Å². The molecule has 32 heavy (non-hydrogen) atoms. The van der Waals surface area contributed by atoms with Gasteiger partial charge in [-0.1, -0.05) is 30.8 Å². The van der Waals surface area contributed by atoms with Crippen LogP contribution in [0.4, 0.5) is 15.9 Å². The molecule has 6 nitrogen and oxygen atoms in total. The van der Waals surface area contributed by atoms with Crippen LogP contribution in [0.1, 0.15) is 35.0 Å². The van der Waals surface area contributed by atoms with Gasteiger partial charge in [0.05, 0.1) is 12.3 Å². The summed E-state index contributed by atoms with van der Waals surface area (Å²) in [6.45, 7) is 3.48. The van der Waals surface area contributed by atoms with Gasteiger partial charge in [0.15, 0.2) is 5.16 Å². The molecule has 0 unspecified atom stereocenters. The molecular weight excluding hydrogens is 427 g/mol. The quantitative estimate of drug-likeness (QED) is 0.337. The topological polar surface area (TPSA) is 67.3 Å². The van der Waals surface area contributed by atoms with Crippen molar-refractivity contribution < 1.29 is 13.9 Å². The molecule has 0 spiro atoms. The lowest BCUT2D eigenvalue weighted by Crippen LogP contribution is -2.20. The lowest BCUT2D eigenvalue weighted by atomic mass is 10.1. The summed E-state index contributed by atoms with van der Waals surface area (Å²) in [4.78, 5) is 23.8. The maximum absolute atomic E-state index is 13.0. The number of benzene rings is 2. The molecule has 0 aliphatic heterocycles. The number of rotatable bonds is 10. The third-order valence-electron chi connectivity index (χ3n) is 4.67. The van der Waals surface area contributed by atoms with E-state index in [0.717, 1.165) is 30.0 Å². The predicted octanol–water partition coefficient (Wildman–Crippen LogP) is 5.15. The molecule has 0 aliphatic carbocycles. The van der Waals surface area contributed by atoms with Gasteiger partial charge in [0.1, 0.15) is 11.6 Å². The zero-order valence-corrected chi connectivity index (χ0v) is 19.3. The van der Waals surface area contributed by atoms with Crippen molar-refractivity contribution in [2.24, 2.45) is 0 Å². The van der Waals surface area contributed by atoms with Crippen LogP contribution in [0.3, 0.4) is 0 Å². The van der Waals surface area contributed by atoms with Gasteiger partial charge in [0, 0.05) is 43.8 Å². The molecule has 1 aromatic heterocycles. The van der Waals surface area contributed by atoms with Crippen LogP contribution in [0.15, 0.2) is 59.8 Å². The Hall–Kier alpha value is -2.97. The molecule has 3 aromatic rings. The van der Waals surface area contributed by atoms with Gasteiger partial charge in [-0.25, -0.2) is 14.4 Å². The van der Waals surface area contributed by atoms with Crippen LogP contribution in [0.2, 0.25) is 0 Å². The number of nitrogens with one attached hydrogen (secondary N) is 1. The molecule has 8 heteroatoms. The molecule has 0 saturated carbocycles. The van der Waals surface area contributed by atoms with Gasteiger partial charge in [-0.15, -0.1) is 0 Å². The van der Waals surface area contributed by atoms with Gasteiger partial charge in [0.2, 0.25) is 0 Å². The Morgan fingerprint density at radius 2 is 1.84 bits per heavy atom. The smallest absolute Gasteiger partial charge is 0.255 e. The summed E-state index contributed by atoms with van der Waals surface area (Å²) in [6, 6.07) is 15.0. The lowest BCUT2D eigenvalue weighted by molar-refractivity contribution is 0.102. The zero-order valence-electron chi connectivity index (χ0n) is 18.5. The number of ether oxygens (including phenoxy) is 1. The van der Waals surface area contributed by atoms with Crippen molar-refractivity contribution in [1.82, 2.24) is 9.97 Å². The third kappa shape index (κ3) is 6.77. The molecule has 2 aromatic carbocycles. The van der Waals surface area contributed by atoms with Gasteiger partial charge in [-0.05, 0) is 48.4 Å². The van der Waals surface area contributed by atoms with E-state index in [2.05, 4.69) is 27.1 Å². The van der Waals surface area contributed by atoms with E-state index in [-0.39, 0.29) is 11.7 Å². The number of thioether (sulfide) groups is 1. The van der Waals surface area contributed by atoms with Crippen LogP contribution in [0.25, 0.3) is 0 Å². The summed E-state index contributed by atoms with van der Waals surface area (Å²) in [5.74, 6) is 0.970. The summed E-state index contributed by atoms with van der Waals surface area (Å²) in [5.41, 5.74) is 2.98. The number of aromatic nitrogens is 2. The van der Waals surface area contributed by atoms with Gasteiger partial charge in [0.25, 0.3) is 5.91 Å². The van der Waals surface area contributed by atoms with Crippen molar-refractivity contribution in [2.45, 2.75) is 30.9 Å². The van der Waals surface area contributed by atoms with Crippen LogP contribution >= 0.6 is 11.8 Å². The molecule has 0 saturated heterocycles. The summed E-state index contributed by atoms with van der Waals surface area (Å²) in [6.07, 6.45) is 1.03. The molecule has 0 atom stereocenters. The number of methoxy groups -OCH3 is 1. The highest BCUT2D eigenvalue weighted by Crippen LogP contribution is 2.23. The zero-order chi connectivity index (χ0) is 22.9. The number of carbonyl (C=O) groups excluding carboxylic acids is 1. The van der Waals surface area contributed by atoms with Gasteiger partial charge >= 0.3 is 0 Å². The number of amides is 1. The standard InChI is InChI=1S/C24H27FN4O2S/c1-4-13-29(2)22-14-21(15-31-3)27-24(28-22)32-16-17-5-7-18(8-6-17)23(30)26-20-11-9-19(25)10-12-20/h5-12,14H,4,13,15-16H2,1-3H3,(H,26,30). The maximum atomic E-state index is 13.0. The molecule has 0 fully saturated rings. The van der Waals surface area contributed by atoms with Gasteiger partial charge in [-0.2, -0.15) is 0 Å². The van der Waals surface area contributed by atoms with Crippen LogP contribution in [-0.4, -0.2) is 36.6 Å². The second kappa shape index (κ2) is 11.6. The van der Waals surface area contributed by atoms with Gasteiger partial charge in [-0.3, -0.25) is 4.79 Å². The van der Waals surface area contributed by atoms with Crippen molar-refractivity contribution in [3.8, 4) is 0 Å². The van der Waals surface area contributed by atoms with Crippen LogP contribution in [0.5, 0.6) is 0 Å². The van der Waals surface area contributed by atoms with Crippen LogP contribution in [0, 0.1) is 5.82 Å². The minimum Gasteiger partial charge on any atom is -0.378 e. The summed E-state index contributed by atoms with van der Waals surface area (Å²) in [7, 11) is 3.67. The molecule has 1 heterocycles. The minimum absolute atomic E-state index is 0.241. The van der Waals surface area contributed by atoms with Crippen molar-refractivity contribution in [2.75, 3.05) is 30.9 Å². The third-order valence-corrected chi connectivity index (χ3v) is 5.59. The van der Waals surface area contributed by atoms with E-state index in [1.807, 2.05) is 25.2 Å². The highest BCUT2D eigenvalue weighted by atomic mass is 32.2. The SMILES string of the molecule is CCCN(C)c1cc(COC)nc(SCc2ccc(C(=O)Nc3ccc(F)cc3)cc2)n1. The van der Waals surface area contributed by atoms with E-state index < -0.39 is 0 Å². The lowest BCUT2D eigenvalue weighted by Gasteiger charge is -2.18. The normalized spacial score (nSPS) is 10.8. The number of carbonyl (C=O) groups is 1. The van der Waals surface area contributed by atoms with E-state index in [1.54, 1.807) is 31.0 Å². The van der Waals surface area contributed by atoms with E-state index >= 15 is 0 Å². The average molecular weight is 455 g/mol. The Balaban J connectivity index is 1.64. The highest BCUT2D eigenvalue weighted by molar-refractivity contribution is 7.98. The Kier molecular flexibility index (Phi) is 8.58. The van der Waals surface area contributed by atoms with Crippen LogP contribution < -0.4 is 10.2 Å². The highest BCUT2D eigenvalue weighted by Gasteiger charge is 2.10. The average Bonchev–Trinajstić information content (AvgIpc) is 2.80. The monoisotopic (exact) mass is 454 g/mol. The molecule has 0 aliphatic rings. The molecule has 0 radical (unpaired) electrons. The Labute approximate surface area is 192 Å². The second-order valence-electron chi connectivity index (χ2n) is 7.30.